The fourth-order valence-corrected chi connectivity index (χ4v) is 1.46. The van der Waals surface area contributed by atoms with Crippen LogP contribution in [0.4, 0.5) is 0 Å². The molecule has 0 bridgehead atoms. The van der Waals surface area contributed by atoms with Gasteiger partial charge in [-0.25, -0.2) is 0 Å². The van der Waals surface area contributed by atoms with E-state index in [2.05, 4.69) is 24.8 Å². The Morgan fingerprint density at radius 2 is 1.91 bits per heavy atom. The maximum atomic E-state index is 10.5. The summed E-state index contributed by atoms with van der Waals surface area (Å²) in [6.45, 7) is 6.60. The molecule has 0 N–H and O–H groups in total. The van der Waals surface area contributed by atoms with Crippen LogP contribution in [0.25, 0.3) is 0 Å². The van der Waals surface area contributed by atoms with Crippen molar-refractivity contribution in [3.8, 4) is 0 Å². The smallest absolute Gasteiger partial charge is 0.298 e. The van der Waals surface area contributed by atoms with Gasteiger partial charge in [0.15, 0.2) is 0 Å². The van der Waals surface area contributed by atoms with Crippen LogP contribution in [-0.2, 0) is 14.3 Å². The molecule has 0 rings (SSSR count). The number of carbonyl (C=O) groups excluding carboxylic acids is 1. The molecule has 0 radical (unpaired) electrons. The monoisotopic (exact) mass is 314 g/mol. The Hall–Kier alpha value is -2.51. The quantitative estimate of drug-likeness (QED) is 0.174. The lowest BCUT2D eigenvalue weighted by molar-refractivity contribution is -0.124. The Kier molecular flexibility index (Phi) is 14.1. The van der Waals surface area contributed by atoms with Gasteiger partial charge < -0.3 is 9.47 Å². The van der Waals surface area contributed by atoms with Gasteiger partial charge in [0.1, 0.15) is 18.1 Å². The van der Waals surface area contributed by atoms with Gasteiger partial charge in [0.25, 0.3) is 6.47 Å². The Morgan fingerprint density at radius 1 is 1.09 bits per heavy atom. The molecule has 0 fully saturated rings. The number of carbonyl (C=O) groups is 1. The minimum Gasteiger partial charge on any atom is -0.489 e. The minimum atomic E-state index is 0.300. The van der Waals surface area contributed by atoms with Crippen molar-refractivity contribution >= 4 is 6.47 Å². The van der Waals surface area contributed by atoms with Gasteiger partial charge in [0, 0.05) is 6.08 Å². The summed E-state index contributed by atoms with van der Waals surface area (Å²) in [5, 5.41) is 0. The van der Waals surface area contributed by atoms with Gasteiger partial charge in [-0.15, -0.1) is 5.73 Å². The molecule has 0 aromatic carbocycles. The predicted octanol–water partition coefficient (Wildman–Crippen LogP) is 5.16. The zero-order valence-corrected chi connectivity index (χ0v) is 14.2. The second-order valence-corrected chi connectivity index (χ2v) is 4.34. The van der Waals surface area contributed by atoms with Crippen LogP contribution in [0.2, 0.25) is 0 Å². The third kappa shape index (κ3) is 12.9. The average molecular weight is 314 g/mol. The second kappa shape index (κ2) is 15.9. The highest BCUT2D eigenvalue weighted by molar-refractivity contribution is 5.41. The van der Waals surface area contributed by atoms with Crippen molar-refractivity contribution in [1.29, 1.82) is 0 Å². The molecule has 0 aliphatic rings. The molecule has 0 aliphatic carbocycles. The van der Waals surface area contributed by atoms with Crippen molar-refractivity contribution in [2.75, 3.05) is 6.61 Å². The van der Waals surface area contributed by atoms with Gasteiger partial charge in [-0.05, 0) is 51.0 Å². The third-order valence-corrected chi connectivity index (χ3v) is 2.53. The van der Waals surface area contributed by atoms with Gasteiger partial charge in [-0.2, -0.15) is 0 Å². The molecule has 124 valence electrons. The summed E-state index contributed by atoms with van der Waals surface area (Å²) in [6, 6.07) is 0. The van der Waals surface area contributed by atoms with E-state index in [1.807, 2.05) is 38.2 Å². The maximum Gasteiger partial charge on any atom is 0.298 e. The Balaban J connectivity index is 4.78. The van der Waals surface area contributed by atoms with Gasteiger partial charge in [0.2, 0.25) is 0 Å². The number of allylic oxidation sites excluding steroid dienone is 8. The highest BCUT2D eigenvalue weighted by Crippen LogP contribution is 2.05. The van der Waals surface area contributed by atoms with E-state index < -0.39 is 0 Å². The van der Waals surface area contributed by atoms with Crippen LogP contribution >= 0.6 is 0 Å². The molecule has 3 heteroatoms. The van der Waals surface area contributed by atoms with Crippen LogP contribution in [0.3, 0.4) is 0 Å². The average Bonchev–Trinajstić information content (AvgIpc) is 2.56. The van der Waals surface area contributed by atoms with Gasteiger partial charge in [-0.3, -0.25) is 4.79 Å². The van der Waals surface area contributed by atoms with E-state index in [-0.39, 0.29) is 0 Å². The van der Waals surface area contributed by atoms with E-state index in [4.69, 9.17) is 9.47 Å². The SMILES string of the molecule is CC=C=C/C(=C\C/C=C/CC)OC/C=C(/C=C\C=C/C)OC=O. The summed E-state index contributed by atoms with van der Waals surface area (Å²) < 4.78 is 10.6. The van der Waals surface area contributed by atoms with Crippen molar-refractivity contribution in [3.63, 3.8) is 0 Å². The molecule has 0 amide bonds. The number of ether oxygens (including phenoxy) is 2. The van der Waals surface area contributed by atoms with Crippen molar-refractivity contribution in [2.45, 2.75) is 33.6 Å². The topological polar surface area (TPSA) is 35.5 Å². The zero-order valence-electron chi connectivity index (χ0n) is 14.2. The molecule has 0 unspecified atom stereocenters. The van der Waals surface area contributed by atoms with Crippen LogP contribution < -0.4 is 0 Å². The van der Waals surface area contributed by atoms with E-state index in [9.17, 15) is 4.79 Å². The first kappa shape index (κ1) is 20.5. The van der Waals surface area contributed by atoms with Gasteiger partial charge >= 0.3 is 0 Å². The molecule has 23 heavy (non-hydrogen) atoms. The van der Waals surface area contributed by atoms with E-state index >= 15 is 0 Å². The summed E-state index contributed by atoms with van der Waals surface area (Å²) in [5.74, 6) is 1.17. The van der Waals surface area contributed by atoms with Crippen molar-refractivity contribution < 1.29 is 14.3 Å². The maximum absolute atomic E-state index is 10.5. The number of hydrogen-bond donors (Lipinski definition) is 0. The van der Waals surface area contributed by atoms with E-state index in [0.29, 0.717) is 18.8 Å². The first-order valence-corrected chi connectivity index (χ1v) is 7.73. The van der Waals surface area contributed by atoms with Crippen LogP contribution in [0.5, 0.6) is 0 Å². The van der Waals surface area contributed by atoms with Gasteiger partial charge in [-0.1, -0.05) is 37.3 Å². The molecular weight excluding hydrogens is 288 g/mol. The largest absolute Gasteiger partial charge is 0.489 e. The van der Waals surface area contributed by atoms with E-state index in [0.717, 1.165) is 18.6 Å². The summed E-state index contributed by atoms with van der Waals surface area (Å²) in [6.07, 6.45) is 20.5. The molecule has 0 saturated heterocycles. The summed E-state index contributed by atoms with van der Waals surface area (Å²) >= 11 is 0. The molecule has 0 heterocycles. The first-order valence-electron chi connectivity index (χ1n) is 7.73. The van der Waals surface area contributed by atoms with Crippen LogP contribution in [0.1, 0.15) is 33.6 Å². The Bertz CT molecular complexity index is 525. The second-order valence-electron chi connectivity index (χ2n) is 4.34. The third-order valence-electron chi connectivity index (χ3n) is 2.53. The van der Waals surface area contributed by atoms with Crippen molar-refractivity contribution in [1.82, 2.24) is 0 Å². The highest BCUT2D eigenvalue weighted by Gasteiger charge is 1.94. The minimum absolute atomic E-state index is 0.300. The molecular formula is C20H26O3. The van der Waals surface area contributed by atoms with E-state index in [1.165, 1.54) is 0 Å². The molecule has 0 aliphatic heterocycles. The normalized spacial score (nSPS) is 12.7. The van der Waals surface area contributed by atoms with Crippen LogP contribution in [-0.4, -0.2) is 13.1 Å². The number of hydrogen-bond acceptors (Lipinski definition) is 3. The Morgan fingerprint density at radius 3 is 2.57 bits per heavy atom. The lowest BCUT2D eigenvalue weighted by Gasteiger charge is -2.04. The summed E-state index contributed by atoms with van der Waals surface area (Å²) in [4.78, 5) is 10.5. The standard InChI is InChI=1S/C20H26O3/c1-4-7-10-12-15-19(13-9-6-3)22-17-16-20(23-18-21)14-11-8-5-2/h5-8,10-11,13-16,18H,4,12,17H2,1-3H3/b8-5-,10-7+,14-11-,19-15+,20-16-. The first-order chi connectivity index (χ1) is 11.3. The predicted molar refractivity (Wildman–Crippen MR) is 95.6 cm³/mol. The van der Waals surface area contributed by atoms with Crippen molar-refractivity contribution in [2.24, 2.45) is 0 Å². The van der Waals surface area contributed by atoms with Crippen LogP contribution in [0, 0.1) is 0 Å². The molecule has 3 nitrogen and oxygen atoms in total. The summed E-state index contributed by atoms with van der Waals surface area (Å²) in [7, 11) is 0. The molecule has 0 spiro atoms. The zero-order chi connectivity index (χ0) is 17.2. The Labute approximate surface area is 139 Å². The lowest BCUT2D eigenvalue weighted by Crippen LogP contribution is -1.93. The molecule has 0 aromatic rings. The van der Waals surface area contributed by atoms with Gasteiger partial charge in [0.05, 0.1) is 0 Å². The summed E-state index contributed by atoms with van der Waals surface area (Å²) in [5.41, 5.74) is 3.00. The molecule has 0 saturated carbocycles. The molecule has 0 atom stereocenters. The fraction of sp³-hybridized carbons (Fsp3) is 0.300. The van der Waals surface area contributed by atoms with Crippen molar-refractivity contribution in [3.05, 3.63) is 78.0 Å². The highest BCUT2D eigenvalue weighted by atomic mass is 16.5. The fourth-order valence-electron chi connectivity index (χ4n) is 1.46. The van der Waals surface area contributed by atoms with Crippen LogP contribution in [0.15, 0.2) is 78.0 Å². The van der Waals surface area contributed by atoms with E-state index in [1.54, 1.807) is 24.3 Å². The lowest BCUT2D eigenvalue weighted by atomic mass is 10.3. The molecule has 0 aromatic heterocycles. The number of rotatable bonds is 11.